The third-order valence-electron chi connectivity index (χ3n) is 3.02. The van der Waals surface area contributed by atoms with Crippen molar-refractivity contribution < 1.29 is 14.6 Å². The van der Waals surface area contributed by atoms with Gasteiger partial charge in [0.2, 0.25) is 0 Å². The molecule has 0 rings (SSSR count). The van der Waals surface area contributed by atoms with Crippen LogP contribution in [0.25, 0.3) is 0 Å². The van der Waals surface area contributed by atoms with Crippen LogP contribution in [0.1, 0.15) is 78.1 Å². The van der Waals surface area contributed by atoms with Crippen LogP contribution in [0.4, 0.5) is 0 Å². The summed E-state index contributed by atoms with van der Waals surface area (Å²) in [5.74, 6) is 0. The van der Waals surface area contributed by atoms with E-state index in [4.69, 9.17) is 9.47 Å². The van der Waals surface area contributed by atoms with Crippen LogP contribution >= 0.6 is 0 Å². The summed E-state index contributed by atoms with van der Waals surface area (Å²) in [5, 5.41) is 9.41. The predicted octanol–water partition coefficient (Wildman–Crippen LogP) is 4.24. The Hall–Kier alpha value is -0.120. The van der Waals surface area contributed by atoms with Crippen molar-refractivity contribution in [3.8, 4) is 0 Å². The minimum atomic E-state index is -1.03. The van der Waals surface area contributed by atoms with Crippen LogP contribution < -0.4 is 0 Å². The molecule has 0 atom stereocenters. The van der Waals surface area contributed by atoms with Gasteiger partial charge in [-0.2, -0.15) is 0 Å². The van der Waals surface area contributed by atoms with E-state index in [9.17, 15) is 5.11 Å². The lowest BCUT2D eigenvalue weighted by Gasteiger charge is -2.12. The molecule has 3 nitrogen and oxygen atoms in total. The fourth-order valence-corrected chi connectivity index (χ4v) is 1.83. The molecule has 110 valence electrons. The van der Waals surface area contributed by atoms with Gasteiger partial charge in [0.05, 0.1) is 13.2 Å². The van der Waals surface area contributed by atoms with E-state index < -0.39 is 6.48 Å². The van der Waals surface area contributed by atoms with Crippen LogP contribution in [-0.4, -0.2) is 24.8 Å². The number of aliphatic hydroxyl groups is 1. The molecule has 0 aromatic rings. The second kappa shape index (κ2) is 14.9. The standard InChI is InChI=1S/C15H32O3/c1-3-5-7-9-11-13-17-15(16)18-14-12-10-8-6-4-2/h15-16H,3-14H2,1-2H3. The molecule has 0 amide bonds. The smallest absolute Gasteiger partial charge is 0.269 e. The topological polar surface area (TPSA) is 38.7 Å². The van der Waals surface area contributed by atoms with Gasteiger partial charge in [-0.15, -0.1) is 0 Å². The highest BCUT2D eigenvalue weighted by atomic mass is 16.8. The molecule has 0 bridgehead atoms. The van der Waals surface area contributed by atoms with E-state index in [2.05, 4.69) is 13.8 Å². The highest BCUT2D eigenvalue weighted by Crippen LogP contribution is 2.05. The van der Waals surface area contributed by atoms with Gasteiger partial charge in [0.25, 0.3) is 6.48 Å². The van der Waals surface area contributed by atoms with Crippen molar-refractivity contribution in [3.05, 3.63) is 0 Å². The normalized spacial score (nSPS) is 11.3. The maximum atomic E-state index is 9.41. The molecule has 0 saturated carbocycles. The summed E-state index contributed by atoms with van der Waals surface area (Å²) < 4.78 is 10.4. The third-order valence-corrected chi connectivity index (χ3v) is 3.02. The number of ether oxygens (including phenoxy) is 2. The molecular formula is C15H32O3. The Morgan fingerprint density at radius 3 is 1.44 bits per heavy atom. The summed E-state index contributed by atoms with van der Waals surface area (Å²) in [6, 6.07) is 0. The molecule has 0 aliphatic rings. The Kier molecular flexibility index (Phi) is 14.8. The summed E-state index contributed by atoms with van der Waals surface area (Å²) in [6.45, 7) is 4.58. The maximum absolute atomic E-state index is 9.41. The maximum Gasteiger partial charge on any atom is 0.269 e. The van der Waals surface area contributed by atoms with Crippen molar-refractivity contribution in [1.82, 2.24) is 0 Å². The van der Waals surface area contributed by atoms with Crippen LogP contribution in [0.3, 0.4) is 0 Å². The monoisotopic (exact) mass is 260 g/mol. The molecule has 0 unspecified atom stereocenters. The summed E-state index contributed by atoms with van der Waals surface area (Å²) >= 11 is 0. The minimum Gasteiger partial charge on any atom is -0.346 e. The Bertz CT molecular complexity index is 135. The summed E-state index contributed by atoms with van der Waals surface area (Å²) in [7, 11) is 0. The van der Waals surface area contributed by atoms with E-state index in [-0.39, 0.29) is 0 Å². The first-order valence-corrected chi connectivity index (χ1v) is 7.72. The van der Waals surface area contributed by atoms with Gasteiger partial charge in [-0.1, -0.05) is 65.2 Å². The van der Waals surface area contributed by atoms with Crippen LogP contribution in [0.2, 0.25) is 0 Å². The Labute approximate surface area is 113 Å². The third kappa shape index (κ3) is 13.9. The largest absolute Gasteiger partial charge is 0.346 e. The summed E-state index contributed by atoms with van der Waals surface area (Å²) in [4.78, 5) is 0. The van der Waals surface area contributed by atoms with Crippen molar-refractivity contribution in [2.45, 2.75) is 84.5 Å². The average Bonchev–Trinajstić information content (AvgIpc) is 2.38. The lowest BCUT2D eigenvalue weighted by Crippen LogP contribution is -2.17. The lowest BCUT2D eigenvalue weighted by molar-refractivity contribution is -0.263. The number of aliphatic hydroxyl groups excluding tert-OH is 1. The van der Waals surface area contributed by atoms with E-state index in [0.29, 0.717) is 13.2 Å². The molecule has 1 N–H and O–H groups in total. The molecule has 0 saturated heterocycles. The summed E-state index contributed by atoms with van der Waals surface area (Å²) in [5.41, 5.74) is 0. The zero-order valence-corrected chi connectivity index (χ0v) is 12.3. The Morgan fingerprint density at radius 2 is 1.06 bits per heavy atom. The molecule has 0 aliphatic heterocycles. The van der Waals surface area contributed by atoms with E-state index in [0.717, 1.165) is 12.8 Å². The van der Waals surface area contributed by atoms with Crippen molar-refractivity contribution in [1.29, 1.82) is 0 Å². The molecule has 3 heteroatoms. The molecule has 18 heavy (non-hydrogen) atoms. The van der Waals surface area contributed by atoms with Crippen molar-refractivity contribution in [3.63, 3.8) is 0 Å². The van der Waals surface area contributed by atoms with Gasteiger partial charge in [0.15, 0.2) is 0 Å². The zero-order chi connectivity index (χ0) is 13.5. The average molecular weight is 260 g/mol. The highest BCUT2D eigenvalue weighted by molar-refractivity contribution is 4.43. The molecule has 0 radical (unpaired) electrons. The van der Waals surface area contributed by atoms with Gasteiger partial charge < -0.3 is 14.6 Å². The van der Waals surface area contributed by atoms with Gasteiger partial charge in [-0.3, -0.25) is 0 Å². The first-order chi connectivity index (χ1) is 8.81. The number of unbranched alkanes of at least 4 members (excludes halogenated alkanes) is 8. The Balaban J connectivity index is 3.10. The predicted molar refractivity (Wildman–Crippen MR) is 75.4 cm³/mol. The van der Waals surface area contributed by atoms with Gasteiger partial charge >= 0.3 is 0 Å². The second-order valence-corrected chi connectivity index (χ2v) is 4.88. The van der Waals surface area contributed by atoms with Crippen molar-refractivity contribution in [2.75, 3.05) is 13.2 Å². The molecule has 0 fully saturated rings. The van der Waals surface area contributed by atoms with Gasteiger partial charge in [-0.05, 0) is 12.8 Å². The van der Waals surface area contributed by atoms with Crippen LogP contribution in [0.15, 0.2) is 0 Å². The molecule has 0 heterocycles. The molecule has 0 aliphatic carbocycles. The molecule has 0 spiro atoms. The SMILES string of the molecule is CCCCCCCOC(O)OCCCCCCC. The molecule has 0 aromatic heterocycles. The fraction of sp³-hybridized carbons (Fsp3) is 1.00. The fourth-order valence-electron chi connectivity index (χ4n) is 1.83. The van der Waals surface area contributed by atoms with E-state index in [1.54, 1.807) is 0 Å². The van der Waals surface area contributed by atoms with E-state index in [1.165, 1.54) is 51.4 Å². The first-order valence-electron chi connectivity index (χ1n) is 7.72. The Morgan fingerprint density at radius 1 is 0.667 bits per heavy atom. The van der Waals surface area contributed by atoms with Crippen molar-refractivity contribution >= 4 is 0 Å². The lowest BCUT2D eigenvalue weighted by atomic mass is 10.2. The second-order valence-electron chi connectivity index (χ2n) is 4.88. The molecule has 0 aromatic carbocycles. The van der Waals surface area contributed by atoms with Gasteiger partial charge in [0, 0.05) is 0 Å². The summed E-state index contributed by atoms with van der Waals surface area (Å²) in [6.07, 6.45) is 12.0. The highest BCUT2D eigenvalue weighted by Gasteiger charge is 2.03. The number of rotatable bonds is 14. The van der Waals surface area contributed by atoms with Gasteiger partial charge in [-0.25, -0.2) is 0 Å². The quantitative estimate of drug-likeness (QED) is 0.375. The zero-order valence-electron chi connectivity index (χ0n) is 12.3. The van der Waals surface area contributed by atoms with Crippen LogP contribution in [0, 0.1) is 0 Å². The number of hydrogen-bond acceptors (Lipinski definition) is 3. The van der Waals surface area contributed by atoms with Gasteiger partial charge in [0.1, 0.15) is 0 Å². The number of hydrogen-bond donors (Lipinski definition) is 1. The minimum absolute atomic E-state index is 0.598. The van der Waals surface area contributed by atoms with E-state index >= 15 is 0 Å². The first kappa shape index (κ1) is 17.9. The molecular weight excluding hydrogens is 228 g/mol. The van der Waals surface area contributed by atoms with Crippen LogP contribution in [-0.2, 0) is 9.47 Å². The van der Waals surface area contributed by atoms with E-state index in [1.807, 2.05) is 0 Å². The van der Waals surface area contributed by atoms with Crippen LogP contribution in [0.5, 0.6) is 0 Å². The van der Waals surface area contributed by atoms with Crippen molar-refractivity contribution in [2.24, 2.45) is 0 Å².